The first-order chi connectivity index (χ1) is 10.7. The van der Waals surface area contributed by atoms with Crippen molar-refractivity contribution in [2.24, 2.45) is 0 Å². The molecule has 112 valence electrons. The van der Waals surface area contributed by atoms with Gasteiger partial charge in [0.1, 0.15) is 6.17 Å². The van der Waals surface area contributed by atoms with E-state index in [9.17, 15) is 0 Å². The van der Waals surface area contributed by atoms with Crippen LogP contribution >= 0.6 is 0 Å². The van der Waals surface area contributed by atoms with Crippen LogP contribution in [0.15, 0.2) is 47.4 Å². The SMILES string of the molecule is CCN1C=CN(c2c(C)ccc3c2oc2cnccc23)[C@H]1C. The Kier molecular flexibility index (Phi) is 2.86. The maximum absolute atomic E-state index is 6.14. The molecule has 0 fully saturated rings. The predicted molar refractivity (Wildman–Crippen MR) is 89.7 cm³/mol. The highest BCUT2D eigenvalue weighted by molar-refractivity contribution is 6.09. The van der Waals surface area contributed by atoms with Crippen LogP contribution in [0.5, 0.6) is 0 Å². The highest BCUT2D eigenvalue weighted by atomic mass is 16.3. The Morgan fingerprint density at radius 1 is 1.18 bits per heavy atom. The number of aryl methyl sites for hydroxylation is 1. The summed E-state index contributed by atoms with van der Waals surface area (Å²) < 4.78 is 6.14. The molecule has 1 aliphatic rings. The third kappa shape index (κ3) is 1.73. The summed E-state index contributed by atoms with van der Waals surface area (Å²) >= 11 is 0. The van der Waals surface area contributed by atoms with Crippen LogP contribution in [0.25, 0.3) is 21.9 Å². The first-order valence-corrected chi connectivity index (χ1v) is 7.69. The van der Waals surface area contributed by atoms with Crippen LogP contribution in [0.3, 0.4) is 0 Å². The Hall–Kier alpha value is -2.49. The summed E-state index contributed by atoms with van der Waals surface area (Å²) in [6.45, 7) is 7.51. The Balaban J connectivity index is 1.97. The van der Waals surface area contributed by atoms with Gasteiger partial charge in [0.25, 0.3) is 0 Å². The lowest BCUT2D eigenvalue weighted by atomic mass is 10.1. The van der Waals surface area contributed by atoms with Gasteiger partial charge in [-0.2, -0.15) is 0 Å². The highest BCUT2D eigenvalue weighted by Crippen LogP contribution is 2.39. The molecule has 4 nitrogen and oxygen atoms in total. The molecular weight excluding hydrogens is 274 g/mol. The fraction of sp³-hybridized carbons (Fsp3) is 0.278. The zero-order chi connectivity index (χ0) is 15.3. The minimum absolute atomic E-state index is 0.292. The van der Waals surface area contributed by atoms with Crippen molar-refractivity contribution in [1.29, 1.82) is 0 Å². The van der Waals surface area contributed by atoms with Crippen molar-refractivity contribution in [2.75, 3.05) is 11.4 Å². The molecule has 0 bridgehead atoms. The zero-order valence-electron chi connectivity index (χ0n) is 13.1. The second-order valence-corrected chi connectivity index (χ2v) is 5.75. The minimum atomic E-state index is 0.292. The lowest BCUT2D eigenvalue weighted by Crippen LogP contribution is -2.36. The van der Waals surface area contributed by atoms with Crippen molar-refractivity contribution < 1.29 is 4.42 Å². The van der Waals surface area contributed by atoms with Crippen molar-refractivity contribution >= 4 is 27.6 Å². The van der Waals surface area contributed by atoms with Crippen LogP contribution in [0.1, 0.15) is 19.4 Å². The Labute approximate surface area is 129 Å². The van der Waals surface area contributed by atoms with Gasteiger partial charge in [-0.05, 0) is 32.4 Å². The summed E-state index contributed by atoms with van der Waals surface area (Å²) in [5.41, 5.74) is 4.15. The number of pyridine rings is 1. The van der Waals surface area contributed by atoms with Crippen LogP contribution in [0.2, 0.25) is 0 Å². The van der Waals surface area contributed by atoms with E-state index in [-0.39, 0.29) is 0 Å². The summed E-state index contributed by atoms with van der Waals surface area (Å²) in [5, 5.41) is 2.27. The number of benzene rings is 1. The molecule has 0 N–H and O–H groups in total. The molecule has 1 aromatic carbocycles. The fourth-order valence-electron chi connectivity index (χ4n) is 3.30. The smallest absolute Gasteiger partial charge is 0.159 e. The topological polar surface area (TPSA) is 32.5 Å². The van der Waals surface area contributed by atoms with Crippen LogP contribution < -0.4 is 4.90 Å². The molecule has 3 aromatic rings. The molecule has 0 unspecified atom stereocenters. The predicted octanol–water partition coefficient (Wildman–Crippen LogP) is 4.25. The molecule has 0 amide bonds. The zero-order valence-corrected chi connectivity index (χ0v) is 13.1. The van der Waals surface area contributed by atoms with E-state index < -0.39 is 0 Å². The van der Waals surface area contributed by atoms with E-state index in [1.165, 1.54) is 5.56 Å². The number of nitrogens with zero attached hydrogens (tertiary/aromatic N) is 3. The van der Waals surface area contributed by atoms with E-state index in [0.717, 1.165) is 34.2 Å². The Morgan fingerprint density at radius 3 is 2.82 bits per heavy atom. The van der Waals surface area contributed by atoms with E-state index in [4.69, 9.17) is 4.42 Å². The van der Waals surface area contributed by atoms with E-state index >= 15 is 0 Å². The van der Waals surface area contributed by atoms with Gasteiger partial charge in [0.2, 0.25) is 0 Å². The van der Waals surface area contributed by atoms with Gasteiger partial charge in [0.15, 0.2) is 11.2 Å². The van der Waals surface area contributed by atoms with Gasteiger partial charge in [-0.15, -0.1) is 0 Å². The Morgan fingerprint density at radius 2 is 2.05 bits per heavy atom. The van der Waals surface area contributed by atoms with Gasteiger partial charge >= 0.3 is 0 Å². The Bertz CT molecular complexity index is 881. The molecular formula is C18H19N3O. The van der Waals surface area contributed by atoms with E-state index in [2.05, 4.69) is 60.1 Å². The lowest BCUT2D eigenvalue weighted by molar-refractivity contribution is 0.334. The fourth-order valence-corrected chi connectivity index (χ4v) is 3.30. The molecule has 4 heteroatoms. The normalized spacial score (nSPS) is 18.0. The maximum Gasteiger partial charge on any atom is 0.159 e. The minimum Gasteiger partial charge on any atom is -0.452 e. The molecule has 3 heterocycles. The summed E-state index contributed by atoms with van der Waals surface area (Å²) in [5.74, 6) is 0. The molecule has 0 saturated carbocycles. The second-order valence-electron chi connectivity index (χ2n) is 5.75. The van der Waals surface area contributed by atoms with Gasteiger partial charge in [-0.1, -0.05) is 12.1 Å². The highest BCUT2D eigenvalue weighted by Gasteiger charge is 2.26. The monoisotopic (exact) mass is 293 g/mol. The summed E-state index contributed by atoms with van der Waals surface area (Å²) in [6, 6.07) is 6.33. The van der Waals surface area contributed by atoms with Gasteiger partial charge < -0.3 is 14.2 Å². The van der Waals surface area contributed by atoms with E-state index in [0.29, 0.717) is 6.17 Å². The largest absolute Gasteiger partial charge is 0.452 e. The summed E-state index contributed by atoms with van der Waals surface area (Å²) in [4.78, 5) is 8.77. The standard InChI is InChI=1S/C18H19N3O/c1-4-20-9-10-21(13(20)3)17-12(2)5-6-15-14-7-8-19-11-16(14)22-18(15)17/h5-11,13H,4H2,1-3H3/t13-/m0/s1. The number of hydrogen-bond donors (Lipinski definition) is 0. The summed E-state index contributed by atoms with van der Waals surface area (Å²) in [7, 11) is 0. The number of hydrogen-bond acceptors (Lipinski definition) is 4. The van der Waals surface area contributed by atoms with Crippen LogP contribution in [-0.2, 0) is 0 Å². The third-order valence-corrected chi connectivity index (χ3v) is 4.54. The van der Waals surface area contributed by atoms with E-state index in [1.807, 2.05) is 12.3 Å². The number of rotatable bonds is 2. The number of furan rings is 1. The average molecular weight is 293 g/mol. The quantitative estimate of drug-likeness (QED) is 0.707. The van der Waals surface area contributed by atoms with Gasteiger partial charge in [0, 0.05) is 35.9 Å². The van der Waals surface area contributed by atoms with Crippen molar-refractivity contribution in [3.63, 3.8) is 0 Å². The molecule has 0 spiro atoms. The first kappa shape index (κ1) is 13.2. The molecule has 2 aromatic heterocycles. The summed E-state index contributed by atoms with van der Waals surface area (Å²) in [6.07, 6.45) is 8.18. The molecule has 22 heavy (non-hydrogen) atoms. The lowest BCUT2D eigenvalue weighted by Gasteiger charge is -2.29. The van der Waals surface area contributed by atoms with Gasteiger partial charge in [-0.3, -0.25) is 4.98 Å². The van der Waals surface area contributed by atoms with Crippen molar-refractivity contribution in [2.45, 2.75) is 26.9 Å². The van der Waals surface area contributed by atoms with Gasteiger partial charge in [-0.25, -0.2) is 0 Å². The van der Waals surface area contributed by atoms with Gasteiger partial charge in [0.05, 0.1) is 11.9 Å². The molecule has 4 rings (SSSR count). The van der Waals surface area contributed by atoms with Crippen molar-refractivity contribution in [1.82, 2.24) is 9.88 Å². The number of anilines is 1. The maximum atomic E-state index is 6.14. The van der Waals surface area contributed by atoms with Crippen molar-refractivity contribution in [3.05, 3.63) is 48.6 Å². The molecule has 1 atom stereocenters. The average Bonchev–Trinajstić information content (AvgIpc) is 3.08. The van der Waals surface area contributed by atoms with Crippen molar-refractivity contribution in [3.8, 4) is 0 Å². The number of aromatic nitrogens is 1. The van der Waals surface area contributed by atoms with Crippen LogP contribution in [0, 0.1) is 6.92 Å². The molecule has 1 aliphatic heterocycles. The third-order valence-electron chi connectivity index (χ3n) is 4.54. The van der Waals surface area contributed by atoms with Crippen LogP contribution in [0.4, 0.5) is 5.69 Å². The molecule has 0 saturated heterocycles. The second kappa shape index (κ2) is 4.77. The molecule has 0 aliphatic carbocycles. The first-order valence-electron chi connectivity index (χ1n) is 7.69. The van der Waals surface area contributed by atoms with Crippen LogP contribution in [-0.4, -0.2) is 22.6 Å². The van der Waals surface area contributed by atoms with E-state index in [1.54, 1.807) is 6.20 Å². The number of fused-ring (bicyclic) bond motifs is 3. The molecule has 0 radical (unpaired) electrons.